The number of ether oxygens (including phenoxy) is 1. The van der Waals surface area contributed by atoms with Gasteiger partial charge in [0.15, 0.2) is 5.96 Å². The van der Waals surface area contributed by atoms with E-state index < -0.39 is 0 Å². The molecule has 1 aromatic carbocycles. The Hall–Kier alpha value is -1.59. The van der Waals surface area contributed by atoms with E-state index in [1.165, 1.54) is 24.8 Å². The van der Waals surface area contributed by atoms with Gasteiger partial charge >= 0.3 is 0 Å². The number of hydrogen-bond acceptors (Lipinski definition) is 3. The topological polar surface area (TPSA) is 40.1 Å². The molecule has 3 aliphatic rings. The lowest BCUT2D eigenvalue weighted by atomic mass is 9.96. The third kappa shape index (κ3) is 3.89. The lowest BCUT2D eigenvalue weighted by molar-refractivity contribution is 0.0195. The highest BCUT2D eigenvalue weighted by Crippen LogP contribution is 2.48. The van der Waals surface area contributed by atoms with E-state index >= 15 is 0 Å². The number of aliphatic imine (C=N–C) groups is 1. The quantitative estimate of drug-likeness (QED) is 0.648. The van der Waals surface area contributed by atoms with Crippen LogP contribution < -0.4 is 5.32 Å². The number of hydrogen-bond donors (Lipinski definition) is 1. The van der Waals surface area contributed by atoms with E-state index in [1.807, 2.05) is 0 Å². The minimum Gasteiger partial charge on any atom is -0.379 e. The summed E-state index contributed by atoms with van der Waals surface area (Å²) in [6.45, 7) is 10.1. The summed E-state index contributed by atoms with van der Waals surface area (Å²) in [6.07, 6.45) is 3.75. The summed E-state index contributed by atoms with van der Waals surface area (Å²) in [5, 5.41) is 3.53. The van der Waals surface area contributed by atoms with Crippen LogP contribution in [0.5, 0.6) is 0 Å². The highest BCUT2D eigenvalue weighted by molar-refractivity contribution is 5.80. The molecular formula is C21H32N4O. The van der Waals surface area contributed by atoms with Crippen LogP contribution in [0.25, 0.3) is 0 Å². The van der Waals surface area contributed by atoms with Crippen LogP contribution in [0.3, 0.4) is 0 Å². The van der Waals surface area contributed by atoms with Gasteiger partial charge in [-0.3, -0.25) is 9.89 Å². The average molecular weight is 357 g/mol. The van der Waals surface area contributed by atoms with E-state index in [1.54, 1.807) is 0 Å². The van der Waals surface area contributed by atoms with Crippen molar-refractivity contribution in [3.63, 3.8) is 0 Å². The molecule has 2 saturated heterocycles. The fourth-order valence-corrected chi connectivity index (χ4v) is 4.31. The van der Waals surface area contributed by atoms with Crippen LogP contribution in [0.2, 0.25) is 0 Å². The van der Waals surface area contributed by atoms with Crippen molar-refractivity contribution in [2.45, 2.75) is 37.6 Å². The van der Waals surface area contributed by atoms with Crippen LogP contribution >= 0.6 is 0 Å². The van der Waals surface area contributed by atoms with Gasteiger partial charge in [-0.1, -0.05) is 30.3 Å². The summed E-state index contributed by atoms with van der Waals surface area (Å²) in [5.74, 6) is 1.10. The van der Waals surface area contributed by atoms with Crippen LogP contribution in [-0.2, 0) is 10.2 Å². The number of rotatable bonds is 5. The molecule has 0 aromatic heterocycles. The molecule has 1 saturated carbocycles. The first-order chi connectivity index (χ1) is 12.8. The number of guanidine groups is 1. The van der Waals surface area contributed by atoms with Crippen LogP contribution in [0.4, 0.5) is 0 Å². The Morgan fingerprint density at radius 2 is 1.96 bits per heavy atom. The maximum absolute atomic E-state index is 5.51. The fourth-order valence-electron chi connectivity index (χ4n) is 4.31. The van der Waals surface area contributed by atoms with Crippen molar-refractivity contribution >= 4 is 5.96 Å². The molecule has 1 aliphatic carbocycles. The lowest BCUT2D eigenvalue weighted by Crippen LogP contribution is -2.46. The second-order valence-corrected chi connectivity index (χ2v) is 7.85. The molecule has 0 bridgehead atoms. The Morgan fingerprint density at radius 3 is 2.65 bits per heavy atom. The number of nitrogens with zero attached hydrogens (tertiary/aromatic N) is 3. The Morgan fingerprint density at radius 1 is 1.19 bits per heavy atom. The number of morpholine rings is 1. The average Bonchev–Trinajstić information content (AvgIpc) is 3.34. The van der Waals surface area contributed by atoms with E-state index in [0.717, 1.165) is 58.4 Å². The molecule has 0 spiro atoms. The van der Waals surface area contributed by atoms with Gasteiger partial charge in [-0.2, -0.15) is 0 Å². The maximum Gasteiger partial charge on any atom is 0.193 e. The highest BCUT2D eigenvalue weighted by Gasteiger charge is 2.44. The Kier molecular flexibility index (Phi) is 5.46. The van der Waals surface area contributed by atoms with Gasteiger partial charge in [0.2, 0.25) is 0 Å². The first-order valence-electron chi connectivity index (χ1n) is 10.2. The first kappa shape index (κ1) is 17.8. The Balaban J connectivity index is 1.40. The second-order valence-electron chi connectivity index (χ2n) is 7.85. The zero-order chi connectivity index (χ0) is 17.8. The lowest BCUT2D eigenvalue weighted by Gasteiger charge is -2.32. The van der Waals surface area contributed by atoms with Crippen LogP contribution in [0.1, 0.15) is 31.7 Å². The number of likely N-dealkylation sites (tertiary alicyclic amines) is 1. The molecule has 4 rings (SSSR count). The van der Waals surface area contributed by atoms with Gasteiger partial charge in [-0.05, 0) is 31.7 Å². The second kappa shape index (κ2) is 7.97. The van der Waals surface area contributed by atoms with E-state index in [2.05, 4.69) is 52.4 Å². The molecule has 1 aromatic rings. The largest absolute Gasteiger partial charge is 0.379 e. The highest BCUT2D eigenvalue weighted by atomic mass is 16.5. The summed E-state index contributed by atoms with van der Waals surface area (Å²) in [6, 6.07) is 11.6. The van der Waals surface area contributed by atoms with Crippen molar-refractivity contribution in [2.24, 2.45) is 4.99 Å². The standard InChI is InChI=1S/C21H32N4O/c1-2-22-20(23-17-21(9-10-21)18-6-4-3-5-7-18)25-11-8-19(16-25)24-12-14-26-15-13-24/h3-7,19H,2,8-17H2,1H3,(H,22,23). The number of benzene rings is 1. The molecule has 0 amide bonds. The summed E-state index contributed by atoms with van der Waals surface area (Å²) in [4.78, 5) is 10.1. The molecule has 142 valence electrons. The third-order valence-electron chi connectivity index (χ3n) is 6.13. The Bertz CT molecular complexity index is 608. The molecule has 1 atom stereocenters. The van der Waals surface area contributed by atoms with Gasteiger partial charge in [0, 0.05) is 44.2 Å². The van der Waals surface area contributed by atoms with Crippen molar-refractivity contribution in [3.05, 3.63) is 35.9 Å². The van der Waals surface area contributed by atoms with Crippen molar-refractivity contribution in [1.82, 2.24) is 15.1 Å². The maximum atomic E-state index is 5.51. The summed E-state index contributed by atoms with van der Waals surface area (Å²) in [7, 11) is 0. The molecule has 1 unspecified atom stereocenters. The first-order valence-corrected chi connectivity index (χ1v) is 10.2. The van der Waals surface area contributed by atoms with Crippen LogP contribution in [0, 0.1) is 0 Å². The van der Waals surface area contributed by atoms with Crippen LogP contribution in [-0.4, -0.2) is 74.3 Å². The number of nitrogens with one attached hydrogen (secondary N) is 1. The third-order valence-corrected chi connectivity index (χ3v) is 6.13. The Labute approximate surface area is 157 Å². The van der Waals surface area contributed by atoms with E-state index in [9.17, 15) is 0 Å². The smallest absolute Gasteiger partial charge is 0.193 e. The monoisotopic (exact) mass is 356 g/mol. The van der Waals surface area contributed by atoms with Gasteiger partial charge in [-0.15, -0.1) is 0 Å². The minimum absolute atomic E-state index is 0.283. The molecular weight excluding hydrogens is 324 g/mol. The molecule has 26 heavy (non-hydrogen) atoms. The normalized spacial score (nSPS) is 26.1. The van der Waals surface area contributed by atoms with Crippen LogP contribution in [0.15, 0.2) is 35.3 Å². The van der Waals surface area contributed by atoms with Crippen molar-refractivity contribution in [3.8, 4) is 0 Å². The van der Waals surface area contributed by atoms with Gasteiger partial charge in [-0.25, -0.2) is 0 Å². The van der Waals surface area contributed by atoms with Crippen molar-refractivity contribution in [1.29, 1.82) is 0 Å². The van der Waals surface area contributed by atoms with E-state index in [0.29, 0.717) is 6.04 Å². The summed E-state index contributed by atoms with van der Waals surface area (Å²) in [5.41, 5.74) is 1.73. The van der Waals surface area contributed by atoms with Gasteiger partial charge in [0.05, 0.1) is 19.8 Å². The fraction of sp³-hybridized carbons (Fsp3) is 0.667. The van der Waals surface area contributed by atoms with Crippen molar-refractivity contribution in [2.75, 3.05) is 52.5 Å². The molecule has 1 N–H and O–H groups in total. The predicted octanol–water partition coefficient (Wildman–Crippen LogP) is 2.09. The summed E-state index contributed by atoms with van der Waals surface area (Å²) >= 11 is 0. The summed E-state index contributed by atoms with van der Waals surface area (Å²) < 4.78 is 5.51. The molecule has 5 nitrogen and oxygen atoms in total. The molecule has 5 heteroatoms. The van der Waals surface area contributed by atoms with Gasteiger partial charge in [0.25, 0.3) is 0 Å². The zero-order valence-electron chi connectivity index (χ0n) is 16.0. The predicted molar refractivity (Wildman–Crippen MR) is 106 cm³/mol. The minimum atomic E-state index is 0.283. The van der Waals surface area contributed by atoms with E-state index in [4.69, 9.17) is 9.73 Å². The molecule has 2 aliphatic heterocycles. The van der Waals surface area contributed by atoms with E-state index in [-0.39, 0.29) is 5.41 Å². The molecule has 0 radical (unpaired) electrons. The SMILES string of the molecule is CCNC(=NCC1(c2ccccc2)CC1)N1CCC(N2CCOCC2)C1. The van der Waals surface area contributed by atoms with Crippen molar-refractivity contribution < 1.29 is 4.74 Å². The van der Waals surface area contributed by atoms with Gasteiger partial charge in [0.1, 0.15) is 0 Å². The molecule has 2 heterocycles. The molecule has 3 fully saturated rings. The zero-order valence-corrected chi connectivity index (χ0v) is 16.0. The van der Waals surface area contributed by atoms with Gasteiger partial charge < -0.3 is 15.0 Å².